The van der Waals surface area contributed by atoms with Gasteiger partial charge in [0.2, 0.25) is 0 Å². The molecule has 1 aliphatic rings. The Morgan fingerprint density at radius 2 is 1.97 bits per heavy atom. The molecule has 0 saturated heterocycles. The van der Waals surface area contributed by atoms with Gasteiger partial charge >= 0.3 is 6.18 Å². The van der Waals surface area contributed by atoms with Gasteiger partial charge in [-0.15, -0.1) is 0 Å². The Bertz CT molecular complexity index is 1090. The van der Waals surface area contributed by atoms with E-state index in [0.717, 1.165) is 23.9 Å². The zero-order valence-corrected chi connectivity index (χ0v) is 15.6. The number of hydrogen-bond donors (Lipinski definition) is 1. The number of amidine groups is 1. The van der Waals surface area contributed by atoms with Crippen molar-refractivity contribution in [3.05, 3.63) is 63.8 Å². The van der Waals surface area contributed by atoms with Crippen molar-refractivity contribution < 1.29 is 27.4 Å². The van der Waals surface area contributed by atoms with E-state index in [1.165, 1.54) is 19.2 Å². The maximum absolute atomic E-state index is 13.1. The molecule has 6 nitrogen and oxygen atoms in total. The first-order chi connectivity index (χ1) is 13.7. The molecule has 10 heteroatoms. The number of methoxy groups -OCH3 is 1. The molecule has 29 heavy (non-hydrogen) atoms. The first-order valence-electron chi connectivity index (χ1n) is 7.94. The summed E-state index contributed by atoms with van der Waals surface area (Å²) in [6, 6.07) is 7.73. The molecule has 0 unspecified atom stereocenters. The largest absolute Gasteiger partial charge is 0.493 e. The van der Waals surface area contributed by atoms with Crippen molar-refractivity contribution in [1.82, 2.24) is 0 Å². The number of aliphatic imine (C=N–C) groups is 1. The third-order valence-corrected chi connectivity index (χ3v) is 4.56. The fourth-order valence-electron chi connectivity index (χ4n) is 2.47. The standard InChI is InChI=1S/C19H12F3N3O3S/c1-24-13-5-4-11(9-12(13)19(20,21)22)28-14-6-3-10(7-15(14)27-2)8-16-17(26)25-18(23)29-16/h3-9H,2H3,(H2,23,25,26). The summed E-state index contributed by atoms with van der Waals surface area (Å²) in [4.78, 5) is 18.5. The summed E-state index contributed by atoms with van der Waals surface area (Å²) in [7, 11) is 1.37. The molecule has 0 aromatic heterocycles. The van der Waals surface area contributed by atoms with E-state index in [1.807, 2.05) is 0 Å². The Kier molecular flexibility index (Phi) is 5.52. The summed E-state index contributed by atoms with van der Waals surface area (Å²) in [5.41, 5.74) is 4.50. The van der Waals surface area contributed by atoms with Gasteiger partial charge in [0.1, 0.15) is 5.75 Å². The number of hydrogen-bond acceptors (Lipinski definition) is 5. The molecule has 0 bridgehead atoms. The Balaban J connectivity index is 1.90. The van der Waals surface area contributed by atoms with Crippen molar-refractivity contribution >= 4 is 34.6 Å². The molecule has 148 valence electrons. The average molecular weight is 419 g/mol. The third kappa shape index (κ3) is 4.52. The van der Waals surface area contributed by atoms with E-state index in [9.17, 15) is 18.0 Å². The van der Waals surface area contributed by atoms with Crippen LogP contribution in [0.4, 0.5) is 18.9 Å². The lowest BCUT2D eigenvalue weighted by Gasteiger charge is -2.14. The highest BCUT2D eigenvalue weighted by Gasteiger charge is 2.34. The number of alkyl halides is 3. The number of benzene rings is 2. The van der Waals surface area contributed by atoms with Crippen LogP contribution >= 0.6 is 11.8 Å². The number of nitrogens with zero attached hydrogens (tertiary/aromatic N) is 2. The third-order valence-electron chi connectivity index (χ3n) is 3.74. The molecule has 1 aliphatic heterocycles. The predicted octanol–water partition coefficient (Wildman–Crippen LogP) is 4.99. The monoisotopic (exact) mass is 419 g/mol. The molecule has 1 heterocycles. The molecule has 0 fully saturated rings. The minimum atomic E-state index is -4.69. The van der Waals surface area contributed by atoms with Crippen LogP contribution in [0.25, 0.3) is 10.9 Å². The Labute approximate surface area is 167 Å². The minimum absolute atomic E-state index is 0.100. The van der Waals surface area contributed by atoms with Crippen molar-refractivity contribution in [2.75, 3.05) is 7.11 Å². The van der Waals surface area contributed by atoms with E-state index in [-0.39, 0.29) is 22.4 Å². The van der Waals surface area contributed by atoms with Crippen LogP contribution in [-0.2, 0) is 11.0 Å². The van der Waals surface area contributed by atoms with Gasteiger partial charge in [-0.2, -0.15) is 18.2 Å². The van der Waals surface area contributed by atoms with Crippen molar-refractivity contribution in [2.24, 2.45) is 10.7 Å². The predicted molar refractivity (Wildman–Crippen MR) is 103 cm³/mol. The van der Waals surface area contributed by atoms with E-state index in [1.54, 1.807) is 18.2 Å². The maximum Gasteiger partial charge on any atom is 0.407 e. The van der Waals surface area contributed by atoms with Crippen LogP contribution in [0.2, 0.25) is 0 Å². The molecular weight excluding hydrogens is 407 g/mol. The van der Waals surface area contributed by atoms with Crippen LogP contribution in [0.15, 0.2) is 46.3 Å². The smallest absolute Gasteiger partial charge is 0.407 e. The molecule has 0 aliphatic carbocycles. The summed E-state index contributed by atoms with van der Waals surface area (Å²) in [6.45, 7) is 6.88. The lowest BCUT2D eigenvalue weighted by molar-refractivity contribution is -0.137. The number of halogens is 3. The van der Waals surface area contributed by atoms with Crippen molar-refractivity contribution in [3.8, 4) is 17.2 Å². The summed E-state index contributed by atoms with van der Waals surface area (Å²) in [5, 5.41) is 0.150. The van der Waals surface area contributed by atoms with E-state index < -0.39 is 23.3 Å². The number of ether oxygens (including phenoxy) is 2. The highest BCUT2D eigenvalue weighted by molar-refractivity contribution is 8.18. The molecule has 0 saturated carbocycles. The van der Waals surface area contributed by atoms with Gasteiger partial charge < -0.3 is 15.2 Å². The number of thioether (sulfide) groups is 1. The second-order valence-corrected chi connectivity index (χ2v) is 6.73. The molecule has 0 radical (unpaired) electrons. The first-order valence-corrected chi connectivity index (χ1v) is 8.75. The SMILES string of the molecule is [C-]#[N+]c1ccc(Oc2ccc(C=C3SC(N)=NC3=O)cc2OC)cc1C(F)(F)F. The van der Waals surface area contributed by atoms with E-state index in [2.05, 4.69) is 9.84 Å². The van der Waals surface area contributed by atoms with Gasteiger partial charge in [-0.05, 0) is 47.7 Å². The molecule has 1 amide bonds. The van der Waals surface area contributed by atoms with Crippen LogP contribution in [0.1, 0.15) is 11.1 Å². The number of nitrogens with two attached hydrogens (primary N) is 1. The summed E-state index contributed by atoms with van der Waals surface area (Å²) < 4.78 is 50.2. The summed E-state index contributed by atoms with van der Waals surface area (Å²) >= 11 is 1.03. The zero-order chi connectivity index (χ0) is 21.2. The van der Waals surface area contributed by atoms with E-state index in [0.29, 0.717) is 10.5 Å². The van der Waals surface area contributed by atoms with E-state index in [4.69, 9.17) is 21.8 Å². The molecule has 2 aromatic carbocycles. The number of amides is 1. The molecular formula is C19H12F3N3O3S. The minimum Gasteiger partial charge on any atom is -0.493 e. The lowest BCUT2D eigenvalue weighted by Crippen LogP contribution is -2.05. The number of carbonyl (C=O) groups excluding carboxylic acids is 1. The number of rotatable bonds is 4. The topological polar surface area (TPSA) is 78.3 Å². The number of carbonyl (C=O) groups is 1. The fraction of sp³-hybridized carbons (Fsp3) is 0.105. The molecule has 3 rings (SSSR count). The van der Waals surface area contributed by atoms with Gasteiger partial charge in [-0.3, -0.25) is 4.79 Å². The highest BCUT2D eigenvalue weighted by atomic mass is 32.2. The molecule has 0 spiro atoms. The van der Waals surface area contributed by atoms with Gasteiger partial charge in [-0.25, -0.2) is 4.85 Å². The average Bonchev–Trinajstić information content (AvgIpc) is 2.99. The second-order valence-electron chi connectivity index (χ2n) is 5.67. The van der Waals surface area contributed by atoms with Gasteiger partial charge in [0.25, 0.3) is 5.91 Å². The fourth-order valence-corrected chi connectivity index (χ4v) is 3.15. The zero-order valence-electron chi connectivity index (χ0n) is 14.8. The van der Waals surface area contributed by atoms with Crippen LogP contribution < -0.4 is 15.2 Å². The van der Waals surface area contributed by atoms with Gasteiger partial charge in [-0.1, -0.05) is 12.1 Å². The molecule has 2 N–H and O–H groups in total. The van der Waals surface area contributed by atoms with Crippen molar-refractivity contribution in [1.29, 1.82) is 0 Å². The van der Waals surface area contributed by atoms with Crippen LogP contribution in [0.3, 0.4) is 0 Å². The van der Waals surface area contributed by atoms with Gasteiger partial charge in [0.15, 0.2) is 22.4 Å². The van der Waals surface area contributed by atoms with Gasteiger partial charge in [0.05, 0.1) is 24.2 Å². The Morgan fingerprint density at radius 3 is 2.55 bits per heavy atom. The van der Waals surface area contributed by atoms with Gasteiger partial charge in [0, 0.05) is 0 Å². The van der Waals surface area contributed by atoms with Crippen molar-refractivity contribution in [2.45, 2.75) is 6.18 Å². The quantitative estimate of drug-likeness (QED) is 0.558. The maximum atomic E-state index is 13.1. The molecule has 0 atom stereocenters. The Morgan fingerprint density at radius 1 is 1.21 bits per heavy atom. The summed E-state index contributed by atoms with van der Waals surface area (Å²) in [5.74, 6) is -0.144. The lowest BCUT2D eigenvalue weighted by atomic mass is 10.1. The van der Waals surface area contributed by atoms with E-state index >= 15 is 0 Å². The van der Waals surface area contributed by atoms with Crippen LogP contribution in [0, 0.1) is 6.57 Å². The summed E-state index contributed by atoms with van der Waals surface area (Å²) in [6.07, 6.45) is -3.12. The van der Waals surface area contributed by atoms with Crippen LogP contribution in [0.5, 0.6) is 17.2 Å². The Hall–Kier alpha value is -3.45. The second kappa shape index (κ2) is 7.89. The molecule has 2 aromatic rings. The normalized spacial score (nSPS) is 15.2. The van der Waals surface area contributed by atoms with Crippen molar-refractivity contribution in [3.63, 3.8) is 0 Å². The highest BCUT2D eigenvalue weighted by Crippen LogP contribution is 2.41. The first kappa shape index (κ1) is 20.3. The van der Waals surface area contributed by atoms with Crippen LogP contribution in [-0.4, -0.2) is 18.2 Å².